The third-order valence-corrected chi connectivity index (χ3v) is 3.72. The molecule has 0 heterocycles. The largest absolute Gasteiger partial charge is 0.457 e. The Kier molecular flexibility index (Phi) is 3.75. The fraction of sp³-hybridized carbons (Fsp3) is 0.333. The number of rotatable bonds is 5. The minimum Gasteiger partial charge on any atom is -0.457 e. The molecule has 1 aliphatic rings. The third-order valence-electron chi connectivity index (χ3n) is 3.72. The van der Waals surface area contributed by atoms with Crippen molar-refractivity contribution in [1.82, 2.24) is 5.32 Å². The Hall–Kier alpha value is -1.80. The second-order valence-electron chi connectivity index (χ2n) is 5.62. The van der Waals surface area contributed by atoms with Crippen molar-refractivity contribution in [1.29, 1.82) is 0 Å². The molecule has 104 valence electrons. The highest BCUT2D eigenvalue weighted by molar-refractivity contribution is 5.43. The molecule has 1 N–H and O–H groups in total. The summed E-state index contributed by atoms with van der Waals surface area (Å²) < 4.78 is 6.01. The minimum absolute atomic E-state index is 0.751. The van der Waals surface area contributed by atoms with E-state index in [-0.39, 0.29) is 0 Å². The van der Waals surface area contributed by atoms with Gasteiger partial charge in [-0.05, 0) is 55.5 Å². The molecule has 0 unspecified atom stereocenters. The minimum atomic E-state index is 0.751. The lowest BCUT2D eigenvalue weighted by atomic mass is 10.1. The predicted octanol–water partition coefficient (Wildman–Crippen LogP) is 4.35. The van der Waals surface area contributed by atoms with Crippen LogP contribution in [-0.4, -0.2) is 6.04 Å². The molecule has 2 nitrogen and oxygen atoms in total. The highest BCUT2D eigenvalue weighted by atomic mass is 16.5. The van der Waals surface area contributed by atoms with Crippen LogP contribution in [0.3, 0.4) is 0 Å². The third kappa shape index (κ3) is 3.20. The summed E-state index contributed by atoms with van der Waals surface area (Å²) in [5.41, 5.74) is 3.65. The maximum absolute atomic E-state index is 6.01. The van der Waals surface area contributed by atoms with Gasteiger partial charge in [0.05, 0.1) is 0 Å². The van der Waals surface area contributed by atoms with Crippen LogP contribution in [0.5, 0.6) is 11.5 Å². The average molecular weight is 267 g/mol. The van der Waals surface area contributed by atoms with E-state index in [0.29, 0.717) is 0 Å². The molecule has 2 aromatic carbocycles. The van der Waals surface area contributed by atoms with Gasteiger partial charge in [0.1, 0.15) is 11.5 Å². The maximum Gasteiger partial charge on any atom is 0.133 e. The van der Waals surface area contributed by atoms with Crippen LogP contribution in [0.25, 0.3) is 0 Å². The van der Waals surface area contributed by atoms with E-state index in [0.717, 1.165) is 24.1 Å². The lowest BCUT2D eigenvalue weighted by Gasteiger charge is -2.12. The SMILES string of the molecule is Cc1cccc(C)c1Oc1ccc(CNC2CC2)cc1. The predicted molar refractivity (Wildman–Crippen MR) is 82.3 cm³/mol. The van der Waals surface area contributed by atoms with Crippen molar-refractivity contribution >= 4 is 0 Å². The van der Waals surface area contributed by atoms with Gasteiger partial charge in [-0.15, -0.1) is 0 Å². The number of benzene rings is 2. The number of aryl methyl sites for hydroxylation is 2. The monoisotopic (exact) mass is 267 g/mol. The van der Waals surface area contributed by atoms with Crippen LogP contribution in [0, 0.1) is 13.8 Å². The summed E-state index contributed by atoms with van der Waals surface area (Å²) >= 11 is 0. The molecular formula is C18H21NO. The summed E-state index contributed by atoms with van der Waals surface area (Å²) in [6, 6.07) is 15.3. The van der Waals surface area contributed by atoms with Crippen molar-refractivity contribution in [3.63, 3.8) is 0 Å². The molecule has 0 amide bonds. The zero-order valence-corrected chi connectivity index (χ0v) is 12.1. The van der Waals surface area contributed by atoms with E-state index in [1.807, 2.05) is 0 Å². The van der Waals surface area contributed by atoms with Crippen LogP contribution in [0.2, 0.25) is 0 Å². The van der Waals surface area contributed by atoms with E-state index in [1.165, 1.54) is 29.5 Å². The Labute approximate surface area is 120 Å². The molecule has 0 atom stereocenters. The lowest BCUT2D eigenvalue weighted by Crippen LogP contribution is -2.14. The average Bonchev–Trinajstić information content (AvgIpc) is 3.26. The Morgan fingerprint density at radius 1 is 1.00 bits per heavy atom. The summed E-state index contributed by atoms with van der Waals surface area (Å²) in [6.07, 6.45) is 2.65. The molecule has 2 heteroatoms. The molecule has 0 aromatic heterocycles. The van der Waals surface area contributed by atoms with Crippen molar-refractivity contribution in [3.8, 4) is 11.5 Å². The number of nitrogens with one attached hydrogen (secondary N) is 1. The van der Waals surface area contributed by atoms with E-state index in [1.54, 1.807) is 0 Å². The molecule has 20 heavy (non-hydrogen) atoms. The van der Waals surface area contributed by atoms with E-state index >= 15 is 0 Å². The zero-order chi connectivity index (χ0) is 13.9. The van der Waals surface area contributed by atoms with E-state index in [2.05, 4.69) is 61.6 Å². The molecule has 0 radical (unpaired) electrons. The quantitative estimate of drug-likeness (QED) is 0.869. The standard InChI is InChI=1S/C18H21NO/c1-13-4-3-5-14(2)18(13)20-17-10-6-15(7-11-17)12-19-16-8-9-16/h3-7,10-11,16,19H,8-9,12H2,1-2H3. The lowest BCUT2D eigenvalue weighted by molar-refractivity contribution is 0.475. The van der Waals surface area contributed by atoms with Crippen molar-refractivity contribution in [3.05, 3.63) is 59.2 Å². The molecular weight excluding hydrogens is 246 g/mol. The Bertz CT molecular complexity index is 565. The number of hydrogen-bond acceptors (Lipinski definition) is 2. The summed E-state index contributed by atoms with van der Waals surface area (Å²) in [6.45, 7) is 5.11. The summed E-state index contributed by atoms with van der Waals surface area (Å²) in [5.74, 6) is 1.87. The van der Waals surface area contributed by atoms with Gasteiger partial charge in [-0.25, -0.2) is 0 Å². The van der Waals surface area contributed by atoms with Crippen LogP contribution >= 0.6 is 0 Å². The first-order valence-electron chi connectivity index (χ1n) is 7.29. The first-order chi connectivity index (χ1) is 9.72. The van der Waals surface area contributed by atoms with Gasteiger partial charge in [0.2, 0.25) is 0 Å². The van der Waals surface area contributed by atoms with Crippen molar-refractivity contribution in [2.45, 2.75) is 39.3 Å². The van der Waals surface area contributed by atoms with E-state index in [4.69, 9.17) is 4.74 Å². The summed E-state index contributed by atoms with van der Waals surface area (Å²) in [7, 11) is 0. The van der Waals surface area contributed by atoms with Gasteiger partial charge in [-0.1, -0.05) is 30.3 Å². The maximum atomic E-state index is 6.01. The number of hydrogen-bond donors (Lipinski definition) is 1. The summed E-state index contributed by atoms with van der Waals surface area (Å²) in [5, 5.41) is 3.52. The molecule has 0 bridgehead atoms. The topological polar surface area (TPSA) is 21.3 Å². The molecule has 1 fully saturated rings. The first-order valence-corrected chi connectivity index (χ1v) is 7.29. The molecule has 0 spiro atoms. The van der Waals surface area contributed by atoms with Gasteiger partial charge in [-0.2, -0.15) is 0 Å². The Balaban J connectivity index is 1.67. The van der Waals surface area contributed by atoms with Crippen LogP contribution in [-0.2, 0) is 6.54 Å². The van der Waals surface area contributed by atoms with Crippen molar-refractivity contribution < 1.29 is 4.74 Å². The van der Waals surface area contributed by atoms with Gasteiger partial charge in [-0.3, -0.25) is 0 Å². The molecule has 1 saturated carbocycles. The fourth-order valence-electron chi connectivity index (χ4n) is 2.30. The van der Waals surface area contributed by atoms with Crippen molar-refractivity contribution in [2.24, 2.45) is 0 Å². The van der Waals surface area contributed by atoms with Gasteiger partial charge >= 0.3 is 0 Å². The zero-order valence-electron chi connectivity index (χ0n) is 12.1. The van der Waals surface area contributed by atoms with Crippen molar-refractivity contribution in [2.75, 3.05) is 0 Å². The van der Waals surface area contributed by atoms with Gasteiger partial charge in [0.15, 0.2) is 0 Å². The molecule has 3 rings (SSSR count). The fourth-order valence-corrected chi connectivity index (χ4v) is 2.30. The van der Waals surface area contributed by atoms with Gasteiger partial charge in [0, 0.05) is 12.6 Å². The first kappa shape index (κ1) is 13.2. The van der Waals surface area contributed by atoms with E-state index in [9.17, 15) is 0 Å². The Morgan fingerprint density at radius 3 is 2.25 bits per heavy atom. The number of para-hydroxylation sites is 1. The summed E-state index contributed by atoms with van der Waals surface area (Å²) in [4.78, 5) is 0. The van der Waals surface area contributed by atoms with Crippen LogP contribution in [0.15, 0.2) is 42.5 Å². The van der Waals surface area contributed by atoms with Crippen LogP contribution < -0.4 is 10.1 Å². The molecule has 1 aliphatic carbocycles. The highest BCUT2D eigenvalue weighted by Gasteiger charge is 2.19. The van der Waals surface area contributed by atoms with Gasteiger partial charge in [0.25, 0.3) is 0 Å². The normalized spacial score (nSPS) is 14.3. The second kappa shape index (κ2) is 5.68. The Morgan fingerprint density at radius 2 is 1.65 bits per heavy atom. The number of ether oxygens (including phenoxy) is 1. The van der Waals surface area contributed by atoms with Crippen LogP contribution in [0.4, 0.5) is 0 Å². The molecule has 0 aliphatic heterocycles. The second-order valence-corrected chi connectivity index (χ2v) is 5.62. The smallest absolute Gasteiger partial charge is 0.133 e. The van der Waals surface area contributed by atoms with Gasteiger partial charge < -0.3 is 10.1 Å². The highest BCUT2D eigenvalue weighted by Crippen LogP contribution is 2.28. The molecule has 2 aromatic rings. The molecule has 0 saturated heterocycles. The van der Waals surface area contributed by atoms with E-state index < -0.39 is 0 Å². The van der Waals surface area contributed by atoms with Crippen LogP contribution in [0.1, 0.15) is 29.5 Å².